The van der Waals surface area contributed by atoms with Crippen LogP contribution < -0.4 is 16.6 Å². The summed E-state index contributed by atoms with van der Waals surface area (Å²) in [4.78, 5) is 16.4. The van der Waals surface area contributed by atoms with Crippen molar-refractivity contribution in [3.05, 3.63) is 75.5 Å². The van der Waals surface area contributed by atoms with Crippen molar-refractivity contribution < 1.29 is 8.78 Å². The summed E-state index contributed by atoms with van der Waals surface area (Å²) < 4.78 is 29.3. The van der Waals surface area contributed by atoms with Gasteiger partial charge in [-0.1, -0.05) is 12.1 Å². The number of nitrogen functional groups attached to an aromatic ring is 1. The third-order valence-corrected chi connectivity index (χ3v) is 5.10. The first-order valence-corrected chi connectivity index (χ1v) is 8.85. The molecule has 2 unspecified atom stereocenters. The molecule has 4 aromatic rings. The molecule has 0 amide bonds. The van der Waals surface area contributed by atoms with Crippen LogP contribution in [-0.2, 0) is 0 Å². The van der Waals surface area contributed by atoms with Crippen molar-refractivity contribution in [2.45, 2.75) is 19.0 Å². The molecule has 29 heavy (non-hydrogen) atoms. The zero-order valence-corrected chi connectivity index (χ0v) is 15.1. The largest absolute Gasteiger partial charge is 0.375 e. The Bertz CT molecular complexity index is 1310. The number of aromatic nitrogens is 5. The van der Waals surface area contributed by atoms with Crippen LogP contribution in [0, 0.1) is 18.6 Å². The highest BCUT2D eigenvalue weighted by Gasteiger charge is 2.37. The molecule has 1 aliphatic heterocycles. The number of hydrogen-bond acceptors (Lipinski definition) is 6. The van der Waals surface area contributed by atoms with Gasteiger partial charge in [0.2, 0.25) is 5.95 Å². The van der Waals surface area contributed by atoms with Gasteiger partial charge in [0.15, 0.2) is 0 Å². The topological polar surface area (TPSA) is 115 Å². The number of halogens is 2. The van der Waals surface area contributed by atoms with E-state index >= 15 is 0 Å². The summed E-state index contributed by atoms with van der Waals surface area (Å²) in [6.45, 7) is 1.74. The van der Waals surface area contributed by atoms with E-state index in [4.69, 9.17) is 5.73 Å². The van der Waals surface area contributed by atoms with Gasteiger partial charge < -0.3 is 11.1 Å². The van der Waals surface area contributed by atoms with Crippen LogP contribution >= 0.6 is 0 Å². The number of aromatic amines is 1. The van der Waals surface area contributed by atoms with Gasteiger partial charge in [0.05, 0.1) is 17.1 Å². The van der Waals surface area contributed by atoms with E-state index in [0.29, 0.717) is 22.6 Å². The molecule has 0 saturated heterocycles. The van der Waals surface area contributed by atoms with Gasteiger partial charge in [-0.05, 0) is 36.8 Å². The normalized spacial score (nSPS) is 18.0. The van der Waals surface area contributed by atoms with E-state index in [2.05, 4.69) is 25.6 Å². The lowest BCUT2D eigenvalue weighted by atomic mass is 9.89. The van der Waals surface area contributed by atoms with Crippen molar-refractivity contribution in [1.82, 2.24) is 25.0 Å². The highest BCUT2D eigenvalue weighted by Crippen LogP contribution is 2.44. The Labute approximate surface area is 162 Å². The maximum Gasteiger partial charge on any atom is 0.272 e. The maximum absolute atomic E-state index is 14.2. The summed E-state index contributed by atoms with van der Waals surface area (Å²) in [5, 5.41) is 14.9. The van der Waals surface area contributed by atoms with Gasteiger partial charge in [-0.25, -0.2) is 18.6 Å². The van der Waals surface area contributed by atoms with Crippen molar-refractivity contribution in [3.63, 3.8) is 0 Å². The average molecular weight is 395 g/mol. The molecule has 0 bridgehead atoms. The van der Waals surface area contributed by atoms with Gasteiger partial charge in [-0.15, -0.1) is 5.10 Å². The van der Waals surface area contributed by atoms with E-state index in [9.17, 15) is 13.6 Å². The minimum Gasteiger partial charge on any atom is -0.375 e. The number of nitrogens with two attached hydrogens (primary N) is 1. The Morgan fingerprint density at radius 2 is 1.90 bits per heavy atom. The van der Waals surface area contributed by atoms with Gasteiger partial charge in [-0.3, -0.25) is 4.79 Å². The highest BCUT2D eigenvalue weighted by molar-refractivity contribution is 5.97. The van der Waals surface area contributed by atoms with Gasteiger partial charge in [0.25, 0.3) is 5.56 Å². The fourth-order valence-electron chi connectivity index (χ4n) is 3.90. The van der Waals surface area contributed by atoms with Gasteiger partial charge in [0.1, 0.15) is 23.5 Å². The van der Waals surface area contributed by atoms with E-state index < -0.39 is 23.5 Å². The number of aryl methyl sites for hydroxylation is 1. The molecule has 1 aliphatic rings. The van der Waals surface area contributed by atoms with Crippen LogP contribution in [-0.4, -0.2) is 25.0 Å². The van der Waals surface area contributed by atoms with Crippen LogP contribution in [0.2, 0.25) is 0 Å². The molecule has 3 heterocycles. The molecule has 0 fully saturated rings. The van der Waals surface area contributed by atoms with Gasteiger partial charge in [-0.2, -0.15) is 10.1 Å². The molecule has 2 aromatic heterocycles. The predicted octanol–water partition coefficient (Wildman–Crippen LogP) is 2.44. The number of H-pyrrole nitrogens is 1. The summed E-state index contributed by atoms with van der Waals surface area (Å²) in [6.07, 6.45) is 0. The Balaban J connectivity index is 1.83. The molecule has 10 heteroatoms. The third-order valence-electron chi connectivity index (χ3n) is 5.10. The Hall–Kier alpha value is -3.82. The van der Waals surface area contributed by atoms with E-state index in [1.54, 1.807) is 23.7 Å². The van der Waals surface area contributed by atoms with Crippen molar-refractivity contribution >= 4 is 22.4 Å². The quantitative estimate of drug-likeness (QED) is 0.480. The average Bonchev–Trinajstić information content (AvgIpc) is 3.02. The van der Waals surface area contributed by atoms with E-state index in [-0.39, 0.29) is 17.2 Å². The number of nitrogens with one attached hydrogen (secondary N) is 2. The first-order valence-electron chi connectivity index (χ1n) is 8.85. The molecule has 2 atom stereocenters. The molecule has 8 nitrogen and oxygen atoms in total. The Morgan fingerprint density at radius 3 is 2.59 bits per heavy atom. The van der Waals surface area contributed by atoms with Crippen LogP contribution in [0.25, 0.3) is 10.8 Å². The first kappa shape index (κ1) is 17.3. The third kappa shape index (κ3) is 2.64. The molecule has 0 saturated carbocycles. The highest BCUT2D eigenvalue weighted by atomic mass is 19.1. The molecular weight excluding hydrogens is 380 g/mol. The van der Waals surface area contributed by atoms with E-state index in [1.165, 1.54) is 24.3 Å². The summed E-state index contributed by atoms with van der Waals surface area (Å²) in [5.41, 5.74) is 6.91. The number of rotatable bonds is 2. The zero-order chi connectivity index (χ0) is 20.3. The van der Waals surface area contributed by atoms with Crippen LogP contribution in [0.3, 0.4) is 0 Å². The predicted molar refractivity (Wildman–Crippen MR) is 102 cm³/mol. The maximum atomic E-state index is 14.2. The fourth-order valence-corrected chi connectivity index (χ4v) is 3.90. The summed E-state index contributed by atoms with van der Waals surface area (Å²) >= 11 is 0. The molecule has 0 spiro atoms. The van der Waals surface area contributed by atoms with Crippen LogP contribution in [0.1, 0.15) is 29.2 Å². The second-order valence-corrected chi connectivity index (χ2v) is 6.89. The van der Waals surface area contributed by atoms with Crippen molar-refractivity contribution in [1.29, 1.82) is 0 Å². The van der Waals surface area contributed by atoms with Crippen LogP contribution in [0.15, 0.2) is 41.2 Å². The lowest BCUT2D eigenvalue weighted by molar-refractivity contribution is 0.437. The lowest BCUT2D eigenvalue weighted by Gasteiger charge is -2.34. The minimum atomic E-state index is -0.567. The number of anilines is 2. The number of nitrogens with zero attached hydrogens (tertiary/aromatic N) is 4. The lowest BCUT2D eigenvalue weighted by Crippen LogP contribution is -2.32. The first-order chi connectivity index (χ1) is 13.9. The summed E-state index contributed by atoms with van der Waals surface area (Å²) in [6, 6.07) is 7.35. The van der Waals surface area contributed by atoms with Crippen molar-refractivity contribution in [3.8, 4) is 0 Å². The summed E-state index contributed by atoms with van der Waals surface area (Å²) in [7, 11) is 0. The number of hydrogen-bond donors (Lipinski definition) is 3. The Morgan fingerprint density at radius 1 is 1.14 bits per heavy atom. The van der Waals surface area contributed by atoms with Crippen LogP contribution in [0.5, 0.6) is 0 Å². The van der Waals surface area contributed by atoms with Gasteiger partial charge in [0, 0.05) is 11.1 Å². The smallest absolute Gasteiger partial charge is 0.272 e. The second-order valence-electron chi connectivity index (χ2n) is 6.89. The van der Waals surface area contributed by atoms with Gasteiger partial charge >= 0.3 is 0 Å². The molecule has 4 N–H and O–H groups in total. The summed E-state index contributed by atoms with van der Waals surface area (Å²) in [5.74, 6) is -0.308. The second kappa shape index (κ2) is 6.09. The molecule has 5 rings (SSSR count). The van der Waals surface area contributed by atoms with Crippen LogP contribution in [0.4, 0.5) is 20.4 Å². The molecular formula is C19H15F2N7O. The fraction of sp³-hybridized carbons (Fsp3) is 0.158. The number of benzene rings is 2. The standard InChI is InChI=1S/C19H15F2N7O/c1-8-23-19(22)27-28(8)17-15(9-2-4-10(20)5-3-9)24-13-7-11(21)6-12-14(13)16(17)25-26-18(12)29/h2-7,15,17,24H,1H3,(H2,22,27)(H,26,29). The molecule has 2 aromatic carbocycles. The Kier molecular flexibility index (Phi) is 3.63. The minimum absolute atomic E-state index is 0.0888. The monoisotopic (exact) mass is 395 g/mol. The van der Waals surface area contributed by atoms with Crippen molar-refractivity contribution in [2.24, 2.45) is 0 Å². The SMILES string of the molecule is Cc1nc(N)nn1C1c2n[nH]c(=O)c3cc(F)cc(c23)NC1c1ccc(F)cc1. The van der Waals surface area contributed by atoms with E-state index in [0.717, 1.165) is 5.56 Å². The van der Waals surface area contributed by atoms with Crippen molar-refractivity contribution in [2.75, 3.05) is 11.1 Å². The molecule has 146 valence electrons. The molecule has 0 aliphatic carbocycles. The zero-order valence-electron chi connectivity index (χ0n) is 15.1. The molecule has 0 radical (unpaired) electrons. The van der Waals surface area contributed by atoms with E-state index in [1.807, 2.05) is 0 Å².